The van der Waals surface area contributed by atoms with Crippen molar-refractivity contribution in [2.75, 3.05) is 0 Å². The molecule has 0 aliphatic rings. The van der Waals surface area contributed by atoms with Gasteiger partial charge >= 0.3 is 11.9 Å². The van der Waals surface area contributed by atoms with Gasteiger partial charge in [-0.1, -0.05) is 136 Å². The molecule has 0 N–H and O–H groups in total. The number of hydrogen-bond acceptors (Lipinski definition) is 3. The van der Waals surface area contributed by atoms with E-state index in [1.54, 1.807) is 0 Å². The minimum Gasteiger partial charge on any atom is -0.393 e. The van der Waals surface area contributed by atoms with Crippen molar-refractivity contribution in [3.8, 4) is 0 Å². The van der Waals surface area contributed by atoms with E-state index in [0.29, 0.717) is 6.42 Å². The molecule has 0 aromatic rings. The zero-order valence-electron chi connectivity index (χ0n) is 20.7. The fourth-order valence-electron chi connectivity index (χ4n) is 3.90. The number of hydrogen-bond donors (Lipinski definition) is 0. The number of esters is 2. The van der Waals surface area contributed by atoms with E-state index in [1.165, 1.54) is 103 Å². The molecule has 0 aromatic carbocycles. The number of carbonyl (C=O) groups is 2. The Morgan fingerprint density at radius 1 is 0.567 bits per heavy atom. The third kappa shape index (κ3) is 20.4. The maximum absolute atomic E-state index is 12.0. The lowest BCUT2D eigenvalue weighted by atomic mass is 10.0. The second-order valence-electron chi connectivity index (χ2n) is 9.24. The van der Waals surface area contributed by atoms with E-state index in [9.17, 15) is 9.59 Å². The Balaban J connectivity index is 3.48. The topological polar surface area (TPSA) is 43.4 Å². The number of ether oxygens (including phenoxy) is 1. The van der Waals surface area contributed by atoms with Crippen LogP contribution in [0.1, 0.15) is 156 Å². The van der Waals surface area contributed by atoms with Gasteiger partial charge in [0.15, 0.2) is 0 Å². The van der Waals surface area contributed by atoms with Crippen molar-refractivity contribution in [2.24, 2.45) is 5.92 Å². The number of carbonyl (C=O) groups excluding carboxylic acids is 2. The maximum atomic E-state index is 12.0. The van der Waals surface area contributed by atoms with Crippen molar-refractivity contribution in [3.63, 3.8) is 0 Å². The Labute approximate surface area is 188 Å². The molecule has 1 unspecified atom stereocenters. The van der Waals surface area contributed by atoms with E-state index >= 15 is 0 Å². The minimum atomic E-state index is -0.335. The number of unbranched alkanes of at least 4 members (excludes halogenated alkanes) is 17. The first-order valence-electron chi connectivity index (χ1n) is 13.4. The third-order valence-corrected chi connectivity index (χ3v) is 6.09. The summed E-state index contributed by atoms with van der Waals surface area (Å²) in [7, 11) is 0. The average Bonchev–Trinajstić information content (AvgIpc) is 2.73. The highest BCUT2D eigenvalue weighted by molar-refractivity contribution is 5.86. The first-order valence-corrected chi connectivity index (χ1v) is 13.4. The molecule has 1 atom stereocenters. The van der Waals surface area contributed by atoms with Gasteiger partial charge in [0.25, 0.3) is 0 Å². The molecule has 3 nitrogen and oxygen atoms in total. The van der Waals surface area contributed by atoms with E-state index in [-0.39, 0.29) is 17.9 Å². The lowest BCUT2D eigenvalue weighted by molar-refractivity contribution is -0.162. The van der Waals surface area contributed by atoms with Crippen molar-refractivity contribution in [1.82, 2.24) is 0 Å². The van der Waals surface area contributed by atoms with Gasteiger partial charge < -0.3 is 4.74 Å². The summed E-state index contributed by atoms with van der Waals surface area (Å²) >= 11 is 0. The molecular formula is C27H52O3. The highest BCUT2D eigenvalue weighted by Gasteiger charge is 2.17. The molecule has 0 saturated heterocycles. The second-order valence-corrected chi connectivity index (χ2v) is 9.24. The Kier molecular flexibility index (Phi) is 22.2. The van der Waals surface area contributed by atoms with Gasteiger partial charge in [-0.25, -0.2) is 0 Å². The van der Waals surface area contributed by atoms with E-state index in [1.807, 2.05) is 6.92 Å². The highest BCUT2D eigenvalue weighted by Crippen LogP contribution is 2.15. The van der Waals surface area contributed by atoms with Gasteiger partial charge in [0.2, 0.25) is 0 Å². The molecule has 3 heteroatoms. The first-order chi connectivity index (χ1) is 14.6. The fraction of sp³-hybridized carbons (Fsp3) is 0.926. The van der Waals surface area contributed by atoms with Gasteiger partial charge in [0.05, 0.1) is 5.92 Å². The largest absolute Gasteiger partial charge is 0.393 e. The smallest absolute Gasteiger partial charge is 0.316 e. The van der Waals surface area contributed by atoms with Crippen molar-refractivity contribution in [1.29, 1.82) is 0 Å². The molecule has 0 aliphatic heterocycles. The Morgan fingerprint density at radius 2 is 0.933 bits per heavy atom. The van der Waals surface area contributed by atoms with Crippen molar-refractivity contribution < 1.29 is 14.3 Å². The second kappa shape index (κ2) is 22.8. The maximum Gasteiger partial charge on any atom is 0.316 e. The predicted molar refractivity (Wildman–Crippen MR) is 129 cm³/mol. The van der Waals surface area contributed by atoms with Crippen LogP contribution in [-0.2, 0) is 14.3 Å². The average molecular weight is 425 g/mol. The standard InChI is InChI=1S/C27H52O3/c1-4-6-8-10-12-14-15-16-18-20-22-24-26(28)30-27(29)25(3)23-21-19-17-13-11-9-7-5-2/h25H,4-24H2,1-3H3. The molecule has 0 heterocycles. The van der Waals surface area contributed by atoms with Crippen LogP contribution in [-0.4, -0.2) is 11.9 Å². The Morgan fingerprint density at radius 3 is 1.37 bits per heavy atom. The summed E-state index contributed by atoms with van der Waals surface area (Å²) < 4.78 is 5.05. The molecule has 0 amide bonds. The van der Waals surface area contributed by atoms with Crippen molar-refractivity contribution in [3.05, 3.63) is 0 Å². The monoisotopic (exact) mass is 424 g/mol. The summed E-state index contributed by atoms with van der Waals surface area (Å²) in [4.78, 5) is 23.9. The molecule has 30 heavy (non-hydrogen) atoms. The summed E-state index contributed by atoms with van der Waals surface area (Å²) in [5.41, 5.74) is 0. The lowest BCUT2D eigenvalue weighted by Gasteiger charge is -2.10. The zero-order valence-corrected chi connectivity index (χ0v) is 20.7. The molecule has 0 fully saturated rings. The van der Waals surface area contributed by atoms with Crippen LogP contribution in [0.15, 0.2) is 0 Å². The number of rotatable bonds is 22. The van der Waals surface area contributed by atoms with Crippen molar-refractivity contribution in [2.45, 2.75) is 156 Å². The predicted octanol–water partition coefficient (Wildman–Crippen LogP) is 8.92. The van der Waals surface area contributed by atoms with Crippen molar-refractivity contribution >= 4 is 11.9 Å². The highest BCUT2D eigenvalue weighted by atomic mass is 16.6. The van der Waals surface area contributed by atoms with E-state index in [2.05, 4.69) is 13.8 Å². The lowest BCUT2D eigenvalue weighted by Crippen LogP contribution is -2.19. The van der Waals surface area contributed by atoms with Gasteiger partial charge in [-0.2, -0.15) is 0 Å². The van der Waals surface area contributed by atoms with Gasteiger partial charge in [-0.05, 0) is 12.8 Å². The molecule has 0 rings (SSSR count). The van der Waals surface area contributed by atoms with Crippen LogP contribution in [0, 0.1) is 5.92 Å². The summed E-state index contributed by atoms with van der Waals surface area (Å²) in [6.45, 7) is 6.38. The van der Waals surface area contributed by atoms with Gasteiger partial charge in [0, 0.05) is 6.42 Å². The summed E-state index contributed by atoms with van der Waals surface area (Å²) in [5.74, 6) is -0.823. The van der Waals surface area contributed by atoms with Crippen LogP contribution in [0.5, 0.6) is 0 Å². The van der Waals surface area contributed by atoms with Gasteiger partial charge in [-0.3, -0.25) is 9.59 Å². The molecular weight excluding hydrogens is 372 g/mol. The molecule has 0 bridgehead atoms. The van der Waals surface area contributed by atoms with Crippen LogP contribution in [0.2, 0.25) is 0 Å². The van der Waals surface area contributed by atoms with Crippen LogP contribution < -0.4 is 0 Å². The van der Waals surface area contributed by atoms with Crippen LogP contribution in [0.4, 0.5) is 0 Å². The molecule has 0 radical (unpaired) electrons. The van der Waals surface area contributed by atoms with E-state index in [4.69, 9.17) is 4.74 Å². The van der Waals surface area contributed by atoms with Crippen LogP contribution >= 0.6 is 0 Å². The summed E-state index contributed by atoms with van der Waals surface area (Å²) in [6, 6.07) is 0. The Bertz CT molecular complexity index is 392. The molecule has 178 valence electrons. The minimum absolute atomic E-state index is 0.161. The molecule has 0 saturated carbocycles. The quantitative estimate of drug-likeness (QED) is 0.0989. The summed E-state index contributed by atoms with van der Waals surface area (Å²) in [5, 5.41) is 0. The Hall–Kier alpha value is -0.860. The third-order valence-electron chi connectivity index (χ3n) is 6.09. The first kappa shape index (κ1) is 29.1. The van der Waals surface area contributed by atoms with Gasteiger partial charge in [-0.15, -0.1) is 0 Å². The zero-order chi connectivity index (χ0) is 22.3. The molecule has 0 spiro atoms. The van der Waals surface area contributed by atoms with Crippen LogP contribution in [0.3, 0.4) is 0 Å². The van der Waals surface area contributed by atoms with Gasteiger partial charge in [0.1, 0.15) is 0 Å². The summed E-state index contributed by atoms with van der Waals surface area (Å²) in [6.07, 6.45) is 25.1. The SMILES string of the molecule is CCCCCCCCCCCCCC(=O)OC(=O)C(C)CCCCCCCCCC. The van der Waals surface area contributed by atoms with E-state index < -0.39 is 0 Å². The fourth-order valence-corrected chi connectivity index (χ4v) is 3.90. The van der Waals surface area contributed by atoms with E-state index in [0.717, 1.165) is 25.7 Å². The van der Waals surface area contributed by atoms with Crippen LogP contribution in [0.25, 0.3) is 0 Å². The molecule has 0 aromatic heterocycles. The normalized spacial score (nSPS) is 12.1. The molecule has 0 aliphatic carbocycles.